The first-order chi connectivity index (χ1) is 9.30. The van der Waals surface area contributed by atoms with E-state index in [2.05, 4.69) is 38.7 Å². The van der Waals surface area contributed by atoms with Gasteiger partial charge >= 0.3 is 7.12 Å². The minimum atomic E-state index is -0.401. The van der Waals surface area contributed by atoms with Crippen LogP contribution in [0.5, 0.6) is 0 Å². The Labute approximate surface area is 121 Å². The number of aromatic nitrogens is 1. The van der Waals surface area contributed by atoms with Crippen molar-refractivity contribution in [3.63, 3.8) is 0 Å². The highest BCUT2D eigenvalue weighted by atomic mass is 16.7. The molecule has 2 fully saturated rings. The molecule has 0 spiro atoms. The predicted molar refractivity (Wildman–Crippen MR) is 81.0 cm³/mol. The summed E-state index contributed by atoms with van der Waals surface area (Å²) in [6.07, 6.45) is 5.48. The molecule has 3 rings (SSSR count). The number of rotatable bonds is 2. The maximum absolute atomic E-state index is 6.09. The molecule has 1 saturated carbocycles. The lowest BCUT2D eigenvalue weighted by atomic mass is 9.75. The lowest BCUT2D eigenvalue weighted by Gasteiger charge is -2.32. The molecule has 0 radical (unpaired) electrons. The van der Waals surface area contributed by atoms with E-state index in [0.29, 0.717) is 11.6 Å². The Hall–Kier alpha value is -1.07. The van der Waals surface area contributed by atoms with Crippen LogP contribution < -0.4 is 11.2 Å². The molecule has 0 unspecified atom stereocenters. The minimum absolute atomic E-state index is 0.343. The summed E-state index contributed by atoms with van der Waals surface area (Å²) in [6, 6.07) is 2.07. The van der Waals surface area contributed by atoms with Gasteiger partial charge in [0.2, 0.25) is 0 Å². The molecular formula is C15H23BN2O2. The third kappa shape index (κ3) is 2.13. The Morgan fingerprint density at radius 1 is 1.20 bits per heavy atom. The van der Waals surface area contributed by atoms with Crippen molar-refractivity contribution in [2.45, 2.75) is 64.1 Å². The van der Waals surface area contributed by atoms with Crippen molar-refractivity contribution in [3.05, 3.63) is 18.0 Å². The van der Waals surface area contributed by atoms with Gasteiger partial charge in [-0.05, 0) is 46.6 Å². The van der Waals surface area contributed by atoms with Crippen LogP contribution in [0.4, 0.5) is 5.69 Å². The number of nitrogens with zero attached hydrogens (tertiary/aromatic N) is 1. The van der Waals surface area contributed by atoms with Crippen molar-refractivity contribution in [2.24, 2.45) is 0 Å². The van der Waals surface area contributed by atoms with Crippen molar-refractivity contribution < 1.29 is 9.31 Å². The quantitative estimate of drug-likeness (QED) is 0.840. The molecule has 0 aromatic carbocycles. The van der Waals surface area contributed by atoms with E-state index >= 15 is 0 Å². The second kappa shape index (κ2) is 4.47. The SMILES string of the molecule is CC1(C)OB(c2cc(C3CCC3)ncc2N)OC1(C)C. The van der Waals surface area contributed by atoms with Crippen molar-refractivity contribution in [2.75, 3.05) is 5.73 Å². The number of hydrogen-bond acceptors (Lipinski definition) is 4. The van der Waals surface area contributed by atoms with Crippen LogP contribution in [0.1, 0.15) is 58.6 Å². The van der Waals surface area contributed by atoms with Gasteiger partial charge < -0.3 is 15.0 Å². The molecule has 4 nitrogen and oxygen atoms in total. The normalized spacial score (nSPS) is 24.7. The zero-order chi connectivity index (χ0) is 14.5. The van der Waals surface area contributed by atoms with E-state index in [1.807, 2.05) is 0 Å². The van der Waals surface area contributed by atoms with Crippen LogP contribution in [0.2, 0.25) is 0 Å². The first-order valence-corrected chi connectivity index (χ1v) is 7.41. The van der Waals surface area contributed by atoms with E-state index in [1.165, 1.54) is 19.3 Å². The maximum Gasteiger partial charge on any atom is 0.497 e. The fourth-order valence-electron chi connectivity index (χ4n) is 2.60. The van der Waals surface area contributed by atoms with Gasteiger partial charge in [-0.25, -0.2) is 0 Å². The first kappa shape index (κ1) is 13.9. The van der Waals surface area contributed by atoms with Crippen LogP contribution in [0.15, 0.2) is 12.3 Å². The van der Waals surface area contributed by atoms with Crippen molar-refractivity contribution in [1.82, 2.24) is 4.98 Å². The standard InChI is InChI=1S/C15H23BN2O2/c1-14(2)15(3,4)20-16(19-14)11-8-13(10-6-5-7-10)18-9-12(11)17/h8-10H,5-7,17H2,1-4H3. The lowest BCUT2D eigenvalue weighted by Crippen LogP contribution is -2.41. The number of anilines is 1. The van der Waals surface area contributed by atoms with E-state index in [1.54, 1.807) is 6.20 Å². The second-order valence-corrected chi connectivity index (χ2v) is 6.95. The number of nitrogen functional groups attached to an aromatic ring is 1. The van der Waals surface area contributed by atoms with Crippen LogP contribution >= 0.6 is 0 Å². The van der Waals surface area contributed by atoms with Gasteiger partial charge in [0.05, 0.1) is 11.2 Å². The molecule has 1 saturated heterocycles. The molecule has 2 N–H and O–H groups in total. The van der Waals surface area contributed by atoms with Crippen molar-refractivity contribution in [3.8, 4) is 0 Å². The highest BCUT2D eigenvalue weighted by Gasteiger charge is 2.52. The molecule has 1 aliphatic heterocycles. The molecule has 0 atom stereocenters. The molecule has 20 heavy (non-hydrogen) atoms. The average molecular weight is 274 g/mol. The Balaban J connectivity index is 1.90. The summed E-state index contributed by atoms with van der Waals surface area (Å²) in [4.78, 5) is 4.47. The molecular weight excluding hydrogens is 251 g/mol. The molecule has 108 valence electrons. The lowest BCUT2D eigenvalue weighted by molar-refractivity contribution is 0.00578. The fraction of sp³-hybridized carbons (Fsp3) is 0.667. The van der Waals surface area contributed by atoms with E-state index in [4.69, 9.17) is 15.0 Å². The van der Waals surface area contributed by atoms with Crippen molar-refractivity contribution in [1.29, 1.82) is 0 Å². The third-order valence-electron chi connectivity index (χ3n) is 5.02. The first-order valence-electron chi connectivity index (χ1n) is 7.41. The van der Waals surface area contributed by atoms with Crippen molar-refractivity contribution >= 4 is 18.3 Å². The van der Waals surface area contributed by atoms with Crippen LogP contribution in [-0.2, 0) is 9.31 Å². The summed E-state index contributed by atoms with van der Waals surface area (Å²) < 4.78 is 12.2. The van der Waals surface area contributed by atoms with Crippen LogP contribution in [-0.4, -0.2) is 23.3 Å². The van der Waals surface area contributed by atoms with Gasteiger partial charge in [-0.15, -0.1) is 0 Å². The molecule has 0 amide bonds. The summed E-state index contributed by atoms with van der Waals surface area (Å²) in [6.45, 7) is 8.21. The fourth-order valence-corrected chi connectivity index (χ4v) is 2.60. The van der Waals surface area contributed by atoms with Crippen LogP contribution in [0.3, 0.4) is 0 Å². The Morgan fingerprint density at radius 3 is 2.30 bits per heavy atom. The summed E-state index contributed by atoms with van der Waals surface area (Å²) in [7, 11) is -0.401. The second-order valence-electron chi connectivity index (χ2n) is 6.95. The van der Waals surface area contributed by atoms with Gasteiger partial charge in [-0.3, -0.25) is 4.98 Å². The van der Waals surface area contributed by atoms with Gasteiger partial charge in [0.15, 0.2) is 0 Å². The number of nitrogens with two attached hydrogens (primary N) is 1. The Kier molecular flexibility index (Phi) is 3.10. The average Bonchev–Trinajstić information content (AvgIpc) is 2.48. The number of hydrogen-bond donors (Lipinski definition) is 1. The zero-order valence-electron chi connectivity index (χ0n) is 12.8. The minimum Gasteiger partial charge on any atom is -0.399 e. The Bertz CT molecular complexity index is 511. The topological polar surface area (TPSA) is 57.4 Å². The molecule has 2 aliphatic rings. The molecule has 5 heteroatoms. The predicted octanol–water partition coefficient (Wildman–Crippen LogP) is 2.23. The zero-order valence-corrected chi connectivity index (χ0v) is 12.8. The third-order valence-corrected chi connectivity index (χ3v) is 5.02. The van der Waals surface area contributed by atoms with E-state index < -0.39 is 7.12 Å². The Morgan fingerprint density at radius 2 is 1.80 bits per heavy atom. The van der Waals surface area contributed by atoms with Gasteiger partial charge in [-0.1, -0.05) is 6.42 Å². The molecule has 1 aromatic rings. The summed E-state index contributed by atoms with van der Waals surface area (Å²) >= 11 is 0. The summed E-state index contributed by atoms with van der Waals surface area (Å²) in [5.74, 6) is 0.580. The van der Waals surface area contributed by atoms with Gasteiger partial charge in [0.1, 0.15) is 0 Å². The summed E-state index contributed by atoms with van der Waals surface area (Å²) in [5, 5.41) is 0. The van der Waals surface area contributed by atoms with E-state index in [0.717, 1.165) is 11.2 Å². The smallest absolute Gasteiger partial charge is 0.399 e. The molecule has 1 aliphatic carbocycles. The maximum atomic E-state index is 6.09. The van der Waals surface area contributed by atoms with Gasteiger partial charge in [0.25, 0.3) is 0 Å². The van der Waals surface area contributed by atoms with E-state index in [9.17, 15) is 0 Å². The van der Waals surface area contributed by atoms with Crippen LogP contribution in [0, 0.1) is 0 Å². The van der Waals surface area contributed by atoms with Gasteiger partial charge in [-0.2, -0.15) is 0 Å². The monoisotopic (exact) mass is 274 g/mol. The molecule has 2 heterocycles. The summed E-state index contributed by atoms with van der Waals surface area (Å²) in [5.41, 5.74) is 8.08. The van der Waals surface area contributed by atoms with Crippen LogP contribution in [0.25, 0.3) is 0 Å². The molecule has 0 bridgehead atoms. The highest BCUT2D eigenvalue weighted by Crippen LogP contribution is 2.38. The van der Waals surface area contributed by atoms with E-state index in [-0.39, 0.29) is 11.2 Å². The number of pyridine rings is 1. The highest BCUT2D eigenvalue weighted by molar-refractivity contribution is 6.63. The largest absolute Gasteiger partial charge is 0.497 e. The molecule has 1 aromatic heterocycles. The van der Waals surface area contributed by atoms with Gasteiger partial charge in [0, 0.05) is 29.0 Å².